The maximum Gasteiger partial charge on any atom is 0.295 e. The molecule has 1 saturated heterocycles. The van der Waals surface area contributed by atoms with Crippen molar-refractivity contribution >= 4 is 16.7 Å². The van der Waals surface area contributed by atoms with Crippen molar-refractivity contribution in [1.29, 1.82) is 0 Å². The van der Waals surface area contributed by atoms with Gasteiger partial charge < -0.3 is 29.4 Å². The molecule has 0 bridgehead atoms. The Bertz CT molecular complexity index is 1190. The number of nitrogens with one attached hydrogen (secondary N) is 1. The first-order valence-corrected chi connectivity index (χ1v) is 11.2. The van der Waals surface area contributed by atoms with Crippen LogP contribution in [-0.4, -0.2) is 61.3 Å². The summed E-state index contributed by atoms with van der Waals surface area (Å²) in [5.41, 5.74) is 1.01. The lowest BCUT2D eigenvalue weighted by Crippen LogP contribution is -2.31. The fourth-order valence-electron chi connectivity index (χ4n) is 4.04. The summed E-state index contributed by atoms with van der Waals surface area (Å²) < 4.78 is 50.7. The van der Waals surface area contributed by atoms with Gasteiger partial charge >= 0.3 is 0 Å². The summed E-state index contributed by atoms with van der Waals surface area (Å²) in [7, 11) is 3.16. The summed E-state index contributed by atoms with van der Waals surface area (Å²) in [4.78, 5) is 9.08. The van der Waals surface area contributed by atoms with E-state index in [2.05, 4.69) is 15.3 Å². The van der Waals surface area contributed by atoms with Crippen molar-refractivity contribution in [3.8, 4) is 11.5 Å². The zero-order valence-corrected chi connectivity index (χ0v) is 20.0. The van der Waals surface area contributed by atoms with E-state index >= 15 is 0 Å². The minimum absolute atomic E-state index is 0.202. The molecule has 0 spiro atoms. The number of ether oxygens (including phenoxy) is 4. The van der Waals surface area contributed by atoms with Crippen LogP contribution in [0, 0.1) is 6.92 Å². The molecular formula is C25H29F2N3O5. The zero-order chi connectivity index (χ0) is 25.2. The monoisotopic (exact) mass is 489 g/mol. The number of nitrogens with zero attached hydrogens (tertiary/aromatic N) is 2. The van der Waals surface area contributed by atoms with Gasteiger partial charge in [0.15, 0.2) is 17.6 Å². The first-order chi connectivity index (χ1) is 16.7. The topological polar surface area (TPSA) is 95.0 Å². The minimum Gasteiger partial charge on any atom is -0.493 e. The molecule has 1 aromatic heterocycles. The van der Waals surface area contributed by atoms with Gasteiger partial charge in [-0.15, -0.1) is 0 Å². The van der Waals surface area contributed by atoms with E-state index in [-0.39, 0.29) is 23.8 Å². The summed E-state index contributed by atoms with van der Waals surface area (Å²) in [6, 6.07) is 9.17. The maximum absolute atomic E-state index is 14.0. The number of hydrogen-bond donors (Lipinski definition) is 2. The summed E-state index contributed by atoms with van der Waals surface area (Å²) >= 11 is 0. The molecule has 2 N–H and O–H groups in total. The van der Waals surface area contributed by atoms with Crippen LogP contribution in [0.15, 0.2) is 36.4 Å². The molecule has 0 amide bonds. The third-order valence-electron chi connectivity index (χ3n) is 6.01. The third-order valence-corrected chi connectivity index (χ3v) is 6.01. The quantitative estimate of drug-likeness (QED) is 0.466. The van der Waals surface area contributed by atoms with E-state index in [0.717, 1.165) is 0 Å². The Morgan fingerprint density at radius 3 is 2.63 bits per heavy atom. The van der Waals surface area contributed by atoms with Crippen molar-refractivity contribution in [3.63, 3.8) is 0 Å². The predicted molar refractivity (Wildman–Crippen MR) is 126 cm³/mol. The molecule has 4 rings (SSSR count). The molecular weight excluding hydrogens is 460 g/mol. The Morgan fingerprint density at radius 1 is 1.14 bits per heavy atom. The molecule has 8 nitrogen and oxygen atoms in total. The van der Waals surface area contributed by atoms with Crippen LogP contribution in [0.2, 0.25) is 0 Å². The number of alkyl halides is 2. The van der Waals surface area contributed by atoms with E-state index in [4.69, 9.17) is 24.1 Å². The molecule has 0 aliphatic carbocycles. The number of fused-ring (bicyclic) bond motifs is 1. The number of aliphatic hydroxyl groups is 1. The fourth-order valence-corrected chi connectivity index (χ4v) is 4.04. The van der Waals surface area contributed by atoms with E-state index in [1.165, 1.54) is 12.1 Å². The molecule has 0 saturated carbocycles. The highest BCUT2D eigenvalue weighted by atomic mass is 19.3. The van der Waals surface area contributed by atoms with Crippen LogP contribution >= 0.6 is 0 Å². The van der Waals surface area contributed by atoms with E-state index in [0.29, 0.717) is 52.8 Å². The van der Waals surface area contributed by atoms with Gasteiger partial charge in [-0.1, -0.05) is 18.2 Å². The van der Waals surface area contributed by atoms with E-state index < -0.39 is 12.5 Å². The fraction of sp³-hybridized carbons (Fsp3) is 0.440. The van der Waals surface area contributed by atoms with Gasteiger partial charge in [-0.2, -0.15) is 8.78 Å². The molecule has 10 heteroatoms. The van der Waals surface area contributed by atoms with Crippen LogP contribution in [0.5, 0.6) is 11.5 Å². The van der Waals surface area contributed by atoms with Gasteiger partial charge in [0, 0.05) is 30.2 Å². The number of aliphatic hydroxyl groups excluding tert-OH is 1. The second kappa shape index (κ2) is 10.3. The lowest BCUT2D eigenvalue weighted by Gasteiger charge is -2.22. The van der Waals surface area contributed by atoms with Crippen LogP contribution in [0.25, 0.3) is 10.9 Å². The largest absolute Gasteiger partial charge is 0.493 e. The first-order valence-electron chi connectivity index (χ1n) is 11.2. The SMILES string of the molecule is COc1cc2nc(C)nc(N[C@H](C)c3cccc(C(F)(F)CO)c3)c2cc1OC1COCC1OC. The van der Waals surface area contributed by atoms with E-state index in [1.807, 2.05) is 6.92 Å². The number of hydrogen-bond acceptors (Lipinski definition) is 8. The molecule has 0 radical (unpaired) electrons. The minimum atomic E-state index is -3.32. The number of halogens is 2. The number of aryl methyl sites for hydroxylation is 1. The molecule has 1 aliphatic rings. The van der Waals surface area contributed by atoms with Crippen molar-refractivity contribution < 1.29 is 32.8 Å². The lowest BCUT2D eigenvalue weighted by atomic mass is 10.0. The third kappa shape index (κ3) is 5.29. The van der Waals surface area contributed by atoms with E-state index in [9.17, 15) is 8.78 Å². The highest BCUT2D eigenvalue weighted by Gasteiger charge is 2.32. The van der Waals surface area contributed by atoms with Gasteiger partial charge in [0.25, 0.3) is 5.92 Å². The Balaban J connectivity index is 1.69. The van der Waals surface area contributed by atoms with Crippen molar-refractivity contribution in [2.75, 3.05) is 39.4 Å². The van der Waals surface area contributed by atoms with Crippen LogP contribution in [0.4, 0.5) is 14.6 Å². The van der Waals surface area contributed by atoms with Crippen molar-refractivity contribution in [2.45, 2.75) is 38.0 Å². The average molecular weight is 490 g/mol. The van der Waals surface area contributed by atoms with Crippen LogP contribution in [-0.2, 0) is 15.4 Å². The van der Waals surface area contributed by atoms with Crippen molar-refractivity contribution in [1.82, 2.24) is 9.97 Å². The van der Waals surface area contributed by atoms with Gasteiger partial charge in [-0.3, -0.25) is 0 Å². The Kier molecular flexibility index (Phi) is 7.34. The summed E-state index contributed by atoms with van der Waals surface area (Å²) in [6.07, 6.45) is -0.504. The summed E-state index contributed by atoms with van der Waals surface area (Å²) in [6.45, 7) is 3.20. The Labute approximate surface area is 202 Å². The highest BCUT2D eigenvalue weighted by Crippen LogP contribution is 2.37. The van der Waals surface area contributed by atoms with Gasteiger partial charge in [0.1, 0.15) is 24.4 Å². The molecule has 2 unspecified atom stereocenters. The average Bonchev–Trinajstić information content (AvgIpc) is 3.31. The number of rotatable bonds is 9. The van der Waals surface area contributed by atoms with Gasteiger partial charge in [-0.05, 0) is 31.5 Å². The second-order valence-corrected chi connectivity index (χ2v) is 8.46. The Hall–Kier alpha value is -3.08. The molecule has 188 valence electrons. The number of methoxy groups -OCH3 is 2. The molecule has 3 atom stereocenters. The molecule has 3 aromatic rings. The maximum atomic E-state index is 14.0. The highest BCUT2D eigenvalue weighted by molar-refractivity contribution is 5.92. The van der Waals surface area contributed by atoms with Crippen LogP contribution in [0.1, 0.15) is 29.9 Å². The van der Waals surface area contributed by atoms with Crippen LogP contribution < -0.4 is 14.8 Å². The molecule has 2 heterocycles. The van der Waals surface area contributed by atoms with Gasteiger partial charge in [0.2, 0.25) is 0 Å². The standard InChI is InChI=1S/C25H29F2N3O5/c1-14(16-6-5-7-17(8-16)25(26,27)13-31)28-24-18-9-21(35-23-12-34-11-22(23)33-4)20(32-3)10-19(18)29-15(2)30-24/h5-10,14,22-23,31H,11-13H2,1-4H3,(H,28,29,30)/t14-,22?,23?/m1/s1. The first kappa shape index (κ1) is 25.0. The molecule has 35 heavy (non-hydrogen) atoms. The predicted octanol–water partition coefficient (Wildman–Crippen LogP) is 4.00. The van der Waals surface area contributed by atoms with Gasteiger partial charge in [0.05, 0.1) is 25.8 Å². The zero-order valence-electron chi connectivity index (χ0n) is 20.0. The van der Waals surface area contributed by atoms with E-state index in [1.54, 1.807) is 45.4 Å². The Morgan fingerprint density at radius 2 is 1.91 bits per heavy atom. The molecule has 2 aromatic carbocycles. The second-order valence-electron chi connectivity index (χ2n) is 8.46. The smallest absolute Gasteiger partial charge is 0.295 e. The number of anilines is 1. The normalized spacial score (nSPS) is 19.1. The van der Waals surface area contributed by atoms with Crippen LogP contribution in [0.3, 0.4) is 0 Å². The van der Waals surface area contributed by atoms with Crippen molar-refractivity contribution in [3.05, 3.63) is 53.3 Å². The summed E-state index contributed by atoms with van der Waals surface area (Å²) in [5.74, 6) is -1.26. The number of aromatic nitrogens is 2. The number of benzene rings is 2. The van der Waals surface area contributed by atoms with Crippen molar-refractivity contribution in [2.24, 2.45) is 0 Å². The lowest BCUT2D eigenvalue weighted by molar-refractivity contribution is -0.0556. The van der Waals surface area contributed by atoms with Gasteiger partial charge in [-0.25, -0.2) is 9.97 Å². The molecule has 1 fully saturated rings. The molecule has 1 aliphatic heterocycles. The summed E-state index contributed by atoms with van der Waals surface area (Å²) in [5, 5.41) is 13.0.